The summed E-state index contributed by atoms with van der Waals surface area (Å²) in [6.07, 6.45) is 1.78. The van der Waals surface area contributed by atoms with Crippen molar-refractivity contribution in [3.8, 4) is 0 Å². The third kappa shape index (κ3) is 5.50. The number of hydrogen-bond donors (Lipinski definition) is 1. The van der Waals surface area contributed by atoms with Gasteiger partial charge in [0.05, 0.1) is 6.04 Å². The van der Waals surface area contributed by atoms with Gasteiger partial charge in [0.2, 0.25) is 0 Å². The summed E-state index contributed by atoms with van der Waals surface area (Å²) >= 11 is 0. The highest BCUT2D eigenvalue weighted by atomic mass is 16.6. The number of hydrogen-bond acceptors (Lipinski definition) is 6. The highest BCUT2D eigenvalue weighted by Crippen LogP contribution is 2.29. The van der Waals surface area contributed by atoms with E-state index in [0.29, 0.717) is 49.6 Å². The average molecular weight is 501 g/mol. The predicted molar refractivity (Wildman–Crippen MR) is 142 cm³/mol. The van der Waals surface area contributed by atoms with Crippen molar-refractivity contribution in [1.29, 1.82) is 0 Å². The minimum absolute atomic E-state index is 0.201. The van der Waals surface area contributed by atoms with Crippen LogP contribution < -0.4 is 10.6 Å². The molecule has 37 heavy (non-hydrogen) atoms. The molecule has 0 saturated carbocycles. The predicted octanol–water partition coefficient (Wildman–Crippen LogP) is 4.51. The fraction of sp³-hybridized carbons (Fsp3) is 0.357. The molecule has 1 fully saturated rings. The van der Waals surface area contributed by atoms with Gasteiger partial charge in [0.25, 0.3) is 0 Å². The number of anilines is 1. The largest absolute Gasteiger partial charge is 0.444 e. The van der Waals surface area contributed by atoms with E-state index in [9.17, 15) is 9.59 Å². The molecule has 0 spiro atoms. The lowest BCUT2D eigenvalue weighted by atomic mass is 10.1. The number of amides is 1. The maximum atomic E-state index is 13.2. The van der Waals surface area contributed by atoms with Crippen LogP contribution in [0.5, 0.6) is 0 Å². The highest BCUT2D eigenvalue weighted by Gasteiger charge is 2.33. The molecule has 1 N–H and O–H groups in total. The van der Waals surface area contributed by atoms with Crippen LogP contribution in [-0.2, 0) is 17.8 Å². The first-order valence-electron chi connectivity index (χ1n) is 12.5. The molecule has 192 valence electrons. The van der Waals surface area contributed by atoms with Crippen molar-refractivity contribution >= 4 is 23.1 Å². The number of nitrogens with zero attached hydrogens (tertiary/aromatic N) is 5. The Morgan fingerprint density at radius 3 is 2.24 bits per heavy atom. The molecular formula is C28H32N6O3. The van der Waals surface area contributed by atoms with E-state index in [2.05, 4.69) is 44.1 Å². The molecule has 1 saturated heterocycles. The maximum Gasteiger partial charge on any atom is 0.410 e. The third-order valence-electron chi connectivity index (χ3n) is 6.40. The van der Waals surface area contributed by atoms with Crippen LogP contribution in [0, 0.1) is 0 Å². The zero-order valence-corrected chi connectivity index (χ0v) is 21.4. The molecule has 2 aromatic heterocycles. The molecule has 1 amide bonds. The zero-order chi connectivity index (χ0) is 26.0. The molecule has 2 aromatic carbocycles. The van der Waals surface area contributed by atoms with E-state index in [1.165, 1.54) is 6.33 Å². The second-order valence-electron chi connectivity index (χ2n) is 10.4. The Morgan fingerprint density at radius 1 is 1.03 bits per heavy atom. The molecule has 3 heterocycles. The summed E-state index contributed by atoms with van der Waals surface area (Å²) in [7, 11) is 0. The van der Waals surface area contributed by atoms with Gasteiger partial charge >= 0.3 is 11.8 Å². The summed E-state index contributed by atoms with van der Waals surface area (Å²) < 4.78 is 7.19. The first-order valence-corrected chi connectivity index (χ1v) is 12.5. The standard InChI is InChI=1S/C28H32N6O3/c1-28(2,3)37-27(36)32-15-14-22(18-32)34-25-23(31-26(34)35)24(29-19-30-25)33(16-20-10-6-4-7-11-20)17-21-12-8-5-9-13-21/h4-13,19,22H,14-18H2,1-3H3,(H,31,35)/t22-/m0/s1. The van der Waals surface area contributed by atoms with Gasteiger partial charge in [-0.3, -0.25) is 4.57 Å². The van der Waals surface area contributed by atoms with E-state index in [1.54, 1.807) is 9.47 Å². The summed E-state index contributed by atoms with van der Waals surface area (Å²) in [6.45, 7) is 7.67. The molecule has 4 aromatic rings. The minimum Gasteiger partial charge on any atom is -0.444 e. The van der Waals surface area contributed by atoms with Crippen LogP contribution in [0.4, 0.5) is 10.6 Å². The van der Waals surface area contributed by atoms with Crippen LogP contribution in [0.25, 0.3) is 11.2 Å². The van der Waals surface area contributed by atoms with Crippen molar-refractivity contribution in [3.05, 3.63) is 88.6 Å². The smallest absolute Gasteiger partial charge is 0.410 e. The number of H-pyrrole nitrogens is 1. The van der Waals surface area contributed by atoms with Crippen LogP contribution in [-0.4, -0.2) is 49.2 Å². The molecule has 9 heteroatoms. The van der Waals surface area contributed by atoms with Crippen molar-refractivity contribution < 1.29 is 9.53 Å². The minimum atomic E-state index is -0.574. The molecule has 0 bridgehead atoms. The van der Waals surface area contributed by atoms with Crippen molar-refractivity contribution in [2.24, 2.45) is 0 Å². The van der Waals surface area contributed by atoms with Gasteiger partial charge in [-0.15, -0.1) is 0 Å². The molecule has 1 atom stereocenters. The summed E-state index contributed by atoms with van der Waals surface area (Å²) in [4.78, 5) is 41.7. The van der Waals surface area contributed by atoms with Crippen molar-refractivity contribution in [1.82, 2.24) is 24.4 Å². The Bertz CT molecular complexity index is 1380. The normalized spacial score (nSPS) is 15.8. The van der Waals surface area contributed by atoms with E-state index in [0.717, 1.165) is 11.1 Å². The highest BCUT2D eigenvalue weighted by molar-refractivity contribution is 5.83. The Hall–Kier alpha value is -4.14. The first-order chi connectivity index (χ1) is 17.8. The van der Waals surface area contributed by atoms with Gasteiger partial charge in [-0.05, 0) is 38.3 Å². The number of aromatic amines is 1. The van der Waals surface area contributed by atoms with Gasteiger partial charge in [-0.25, -0.2) is 19.6 Å². The van der Waals surface area contributed by atoms with E-state index < -0.39 is 5.60 Å². The molecule has 1 aliphatic heterocycles. The quantitative estimate of drug-likeness (QED) is 0.419. The number of fused-ring (bicyclic) bond motifs is 1. The molecule has 0 aliphatic carbocycles. The zero-order valence-electron chi connectivity index (χ0n) is 21.4. The maximum absolute atomic E-state index is 13.2. The number of carbonyl (C=O) groups is 1. The SMILES string of the molecule is CC(C)(C)OC(=O)N1CC[C@H](n2c(=O)[nH]c3c(N(Cc4ccccc4)Cc4ccccc4)ncnc32)C1. The third-order valence-corrected chi connectivity index (χ3v) is 6.40. The molecule has 0 radical (unpaired) electrons. The first kappa shape index (κ1) is 24.5. The lowest BCUT2D eigenvalue weighted by Crippen LogP contribution is -2.36. The molecule has 9 nitrogen and oxygen atoms in total. The van der Waals surface area contributed by atoms with Gasteiger partial charge in [0.15, 0.2) is 11.5 Å². The Morgan fingerprint density at radius 2 is 1.65 bits per heavy atom. The number of imidazole rings is 1. The second-order valence-corrected chi connectivity index (χ2v) is 10.4. The monoisotopic (exact) mass is 500 g/mol. The Labute approximate surface area is 215 Å². The number of ether oxygens (including phenoxy) is 1. The number of rotatable bonds is 6. The second kappa shape index (κ2) is 10.1. The van der Waals surface area contributed by atoms with E-state index >= 15 is 0 Å². The fourth-order valence-electron chi connectivity index (χ4n) is 4.76. The molecular weight excluding hydrogens is 468 g/mol. The van der Waals surface area contributed by atoms with E-state index in [1.807, 2.05) is 57.2 Å². The Balaban J connectivity index is 1.48. The number of nitrogens with one attached hydrogen (secondary N) is 1. The summed E-state index contributed by atoms with van der Waals surface area (Å²) in [6, 6.07) is 20.2. The summed E-state index contributed by atoms with van der Waals surface area (Å²) in [5.74, 6) is 0.663. The Kier molecular flexibility index (Phi) is 6.69. The van der Waals surface area contributed by atoms with Gasteiger partial charge < -0.3 is 19.5 Å². The van der Waals surface area contributed by atoms with Crippen molar-refractivity contribution in [3.63, 3.8) is 0 Å². The number of carbonyl (C=O) groups excluding carboxylic acids is 1. The van der Waals surface area contributed by atoms with Gasteiger partial charge in [0, 0.05) is 26.2 Å². The van der Waals surface area contributed by atoms with Gasteiger partial charge in [-0.1, -0.05) is 60.7 Å². The lowest BCUT2D eigenvalue weighted by Gasteiger charge is -2.25. The summed E-state index contributed by atoms with van der Waals surface area (Å²) in [5, 5.41) is 0. The van der Waals surface area contributed by atoms with Crippen LogP contribution >= 0.6 is 0 Å². The summed E-state index contributed by atoms with van der Waals surface area (Å²) in [5.41, 5.74) is 2.57. The van der Waals surface area contributed by atoms with Crippen LogP contribution in [0.3, 0.4) is 0 Å². The van der Waals surface area contributed by atoms with E-state index in [-0.39, 0.29) is 17.8 Å². The molecule has 1 aliphatic rings. The van der Waals surface area contributed by atoms with Gasteiger partial charge in [0.1, 0.15) is 17.4 Å². The van der Waals surface area contributed by atoms with Crippen LogP contribution in [0.15, 0.2) is 71.8 Å². The molecule has 5 rings (SSSR count). The van der Waals surface area contributed by atoms with E-state index in [4.69, 9.17) is 4.74 Å². The van der Waals surface area contributed by atoms with Crippen LogP contribution in [0.2, 0.25) is 0 Å². The van der Waals surface area contributed by atoms with Crippen molar-refractivity contribution in [2.75, 3.05) is 18.0 Å². The fourth-order valence-corrected chi connectivity index (χ4v) is 4.76. The number of likely N-dealkylation sites (tertiary alicyclic amines) is 1. The van der Waals surface area contributed by atoms with Crippen molar-refractivity contribution in [2.45, 2.75) is 51.9 Å². The van der Waals surface area contributed by atoms with Crippen LogP contribution in [0.1, 0.15) is 44.4 Å². The number of benzene rings is 2. The average Bonchev–Trinajstić information content (AvgIpc) is 3.47. The lowest BCUT2D eigenvalue weighted by molar-refractivity contribution is 0.0289. The number of aromatic nitrogens is 4. The van der Waals surface area contributed by atoms with Gasteiger partial charge in [-0.2, -0.15) is 0 Å². The molecule has 0 unspecified atom stereocenters. The topological polar surface area (TPSA) is 96.3 Å².